The van der Waals surface area contributed by atoms with Crippen molar-refractivity contribution in [3.8, 4) is 6.07 Å². The van der Waals surface area contributed by atoms with Crippen LogP contribution in [0.15, 0.2) is 36.4 Å². The first-order chi connectivity index (χ1) is 13.4. The van der Waals surface area contributed by atoms with Gasteiger partial charge in [0, 0.05) is 5.56 Å². The molecule has 28 heavy (non-hydrogen) atoms. The average molecular weight is 381 g/mol. The van der Waals surface area contributed by atoms with Crippen molar-refractivity contribution in [2.75, 3.05) is 0 Å². The molecule has 1 spiro atoms. The van der Waals surface area contributed by atoms with Crippen LogP contribution in [-0.2, 0) is 28.3 Å². The van der Waals surface area contributed by atoms with Crippen molar-refractivity contribution in [3.63, 3.8) is 0 Å². The molecule has 0 bridgehead atoms. The van der Waals surface area contributed by atoms with Gasteiger partial charge in [-0.2, -0.15) is 5.26 Å². The third-order valence-electron chi connectivity index (χ3n) is 5.69. The molecule has 3 N–H and O–H groups in total. The van der Waals surface area contributed by atoms with Crippen molar-refractivity contribution in [2.45, 2.75) is 57.1 Å². The molecule has 0 aromatic heterocycles. The van der Waals surface area contributed by atoms with Gasteiger partial charge in [0.1, 0.15) is 18.3 Å². The minimum absolute atomic E-state index is 0.154. The Balaban J connectivity index is 1.77. The van der Waals surface area contributed by atoms with Gasteiger partial charge in [-0.15, -0.1) is 0 Å². The Labute approximate surface area is 163 Å². The first-order valence-electron chi connectivity index (χ1n) is 9.33. The summed E-state index contributed by atoms with van der Waals surface area (Å²) in [6, 6.07) is 13.9. The van der Waals surface area contributed by atoms with Gasteiger partial charge < -0.3 is 24.8 Å². The lowest BCUT2D eigenvalue weighted by Crippen LogP contribution is -2.62. The fourth-order valence-corrected chi connectivity index (χ4v) is 4.02. The van der Waals surface area contributed by atoms with Crippen LogP contribution >= 0.6 is 0 Å². The number of hydrogen-bond acceptors (Lipinski definition) is 6. The highest BCUT2D eigenvalue weighted by Gasteiger charge is 2.57. The van der Waals surface area contributed by atoms with E-state index in [0.717, 1.165) is 22.3 Å². The number of rotatable bonds is 2. The molecule has 2 aliphatic rings. The van der Waals surface area contributed by atoms with Crippen LogP contribution < -0.4 is 0 Å². The van der Waals surface area contributed by atoms with Crippen LogP contribution in [0.25, 0.3) is 0 Å². The molecule has 4 rings (SSSR count). The van der Waals surface area contributed by atoms with E-state index >= 15 is 0 Å². The third kappa shape index (κ3) is 2.93. The predicted octanol–water partition coefficient (Wildman–Crippen LogP) is 1.64. The van der Waals surface area contributed by atoms with Crippen molar-refractivity contribution in [1.82, 2.24) is 0 Å². The van der Waals surface area contributed by atoms with E-state index in [2.05, 4.69) is 6.07 Å². The maximum atomic E-state index is 10.7. The fourth-order valence-electron chi connectivity index (χ4n) is 4.02. The first-order valence-corrected chi connectivity index (χ1v) is 9.33. The second-order valence-electron chi connectivity index (χ2n) is 7.65. The van der Waals surface area contributed by atoms with Gasteiger partial charge in [0.05, 0.1) is 24.3 Å². The summed E-state index contributed by atoms with van der Waals surface area (Å²) < 4.78 is 11.7. The summed E-state index contributed by atoms with van der Waals surface area (Å²) in [5.41, 5.74) is 4.88. The number of fused-ring (bicyclic) bond motifs is 2. The minimum Gasteiger partial charge on any atom is -0.388 e. The van der Waals surface area contributed by atoms with E-state index in [4.69, 9.17) is 9.47 Å². The number of aryl methyl sites for hydroxylation is 1. The summed E-state index contributed by atoms with van der Waals surface area (Å²) in [7, 11) is 0. The molecule has 0 saturated carbocycles. The maximum absolute atomic E-state index is 10.7. The van der Waals surface area contributed by atoms with Crippen molar-refractivity contribution in [3.05, 3.63) is 69.8 Å². The predicted molar refractivity (Wildman–Crippen MR) is 100 cm³/mol. The second-order valence-corrected chi connectivity index (χ2v) is 7.65. The topological polar surface area (TPSA) is 103 Å². The highest BCUT2D eigenvalue weighted by atomic mass is 16.7. The Bertz CT molecular complexity index is 935. The average Bonchev–Trinajstić information content (AvgIpc) is 3.04. The van der Waals surface area contributed by atoms with E-state index in [0.29, 0.717) is 17.5 Å². The molecule has 6 heteroatoms. The lowest BCUT2D eigenvalue weighted by molar-refractivity contribution is -0.362. The summed E-state index contributed by atoms with van der Waals surface area (Å²) in [4.78, 5) is 0. The molecule has 2 aromatic rings. The molecule has 2 heterocycles. The molecule has 0 aliphatic carbocycles. The molecule has 0 amide bonds. The van der Waals surface area contributed by atoms with Crippen LogP contribution in [-0.4, -0.2) is 39.7 Å². The number of aliphatic hydroxyl groups is 3. The van der Waals surface area contributed by atoms with E-state index in [1.54, 1.807) is 13.0 Å². The maximum Gasteiger partial charge on any atom is 0.225 e. The number of benzene rings is 2. The summed E-state index contributed by atoms with van der Waals surface area (Å²) in [5, 5.41) is 40.6. The van der Waals surface area contributed by atoms with Crippen LogP contribution in [0.2, 0.25) is 0 Å². The molecule has 2 aromatic carbocycles. The largest absolute Gasteiger partial charge is 0.388 e. The number of aliphatic hydroxyl groups excluding tert-OH is 3. The number of ether oxygens (including phenoxy) is 2. The molecule has 6 nitrogen and oxygen atoms in total. The molecule has 0 radical (unpaired) electrons. The first kappa shape index (κ1) is 19.1. The smallest absolute Gasteiger partial charge is 0.225 e. The van der Waals surface area contributed by atoms with E-state index in [1.807, 2.05) is 37.3 Å². The lowest BCUT2D eigenvalue weighted by Gasteiger charge is -2.45. The van der Waals surface area contributed by atoms with E-state index in [-0.39, 0.29) is 6.61 Å². The lowest BCUT2D eigenvalue weighted by atomic mass is 9.85. The number of nitrogens with zero attached hydrogens (tertiary/aromatic N) is 1. The summed E-state index contributed by atoms with van der Waals surface area (Å²) in [6.45, 7) is 3.80. The number of hydrogen-bond donors (Lipinski definition) is 3. The van der Waals surface area contributed by atoms with Crippen molar-refractivity contribution in [2.24, 2.45) is 0 Å². The second kappa shape index (κ2) is 6.96. The molecular weight excluding hydrogens is 358 g/mol. The van der Waals surface area contributed by atoms with Gasteiger partial charge in [0.15, 0.2) is 0 Å². The van der Waals surface area contributed by atoms with Crippen LogP contribution in [0.5, 0.6) is 0 Å². The van der Waals surface area contributed by atoms with Gasteiger partial charge in [-0.05, 0) is 49.1 Å². The zero-order valence-corrected chi connectivity index (χ0v) is 15.8. The van der Waals surface area contributed by atoms with Gasteiger partial charge in [-0.1, -0.05) is 29.8 Å². The highest BCUT2D eigenvalue weighted by molar-refractivity contribution is 5.50. The van der Waals surface area contributed by atoms with Crippen molar-refractivity contribution in [1.29, 1.82) is 5.26 Å². The molecule has 1 saturated heterocycles. The van der Waals surface area contributed by atoms with Crippen LogP contribution in [0.1, 0.15) is 40.3 Å². The van der Waals surface area contributed by atoms with Gasteiger partial charge in [-0.25, -0.2) is 0 Å². The highest BCUT2D eigenvalue weighted by Crippen LogP contribution is 2.46. The molecule has 0 unspecified atom stereocenters. The molecule has 146 valence electrons. The van der Waals surface area contributed by atoms with Gasteiger partial charge in [0.2, 0.25) is 5.79 Å². The third-order valence-corrected chi connectivity index (χ3v) is 5.69. The minimum atomic E-state index is -1.55. The summed E-state index contributed by atoms with van der Waals surface area (Å²) >= 11 is 0. The zero-order chi connectivity index (χ0) is 20.1. The molecule has 1 fully saturated rings. The Morgan fingerprint density at radius 1 is 1.14 bits per heavy atom. The zero-order valence-electron chi connectivity index (χ0n) is 15.8. The fraction of sp³-hybridized carbons (Fsp3) is 0.409. The van der Waals surface area contributed by atoms with Crippen LogP contribution in [0, 0.1) is 18.3 Å². The SMILES string of the molecule is Cc1ccc(Cc2cc3c(cc2C#N)CO[C@]32O[C@H](C)[C@@H](O)[C@H](O)[C@H]2O)cc1. The van der Waals surface area contributed by atoms with Gasteiger partial charge >= 0.3 is 0 Å². The summed E-state index contributed by atoms with van der Waals surface area (Å²) in [5.74, 6) is -1.55. The van der Waals surface area contributed by atoms with Gasteiger partial charge in [-0.3, -0.25) is 0 Å². The summed E-state index contributed by atoms with van der Waals surface area (Å²) in [6.07, 6.45) is -4.23. The van der Waals surface area contributed by atoms with Crippen LogP contribution in [0.4, 0.5) is 0 Å². The normalized spacial score (nSPS) is 31.6. The molecule has 5 atom stereocenters. The number of nitriles is 1. The molecule has 2 aliphatic heterocycles. The standard InChI is InChI=1S/C22H23NO5/c1-12-3-5-14(6-4-12)7-15-9-18-17(8-16(15)10-23)11-27-22(18)21(26)20(25)19(24)13(2)28-22/h3-6,8-9,13,19-21,24-26H,7,11H2,1-2H3/t13-,19-,20+,21-,22+/m1/s1. The van der Waals surface area contributed by atoms with E-state index < -0.39 is 30.2 Å². The quantitative estimate of drug-likeness (QED) is 0.731. The van der Waals surface area contributed by atoms with Crippen LogP contribution in [0.3, 0.4) is 0 Å². The van der Waals surface area contributed by atoms with E-state index in [1.165, 1.54) is 0 Å². The Kier molecular flexibility index (Phi) is 4.74. The Morgan fingerprint density at radius 2 is 1.86 bits per heavy atom. The van der Waals surface area contributed by atoms with Crippen molar-refractivity contribution >= 4 is 0 Å². The Morgan fingerprint density at radius 3 is 2.54 bits per heavy atom. The Hall–Kier alpha value is -2.27. The van der Waals surface area contributed by atoms with E-state index in [9.17, 15) is 20.6 Å². The van der Waals surface area contributed by atoms with Crippen molar-refractivity contribution < 1.29 is 24.8 Å². The van der Waals surface area contributed by atoms with Gasteiger partial charge in [0.25, 0.3) is 0 Å². The monoisotopic (exact) mass is 381 g/mol. The molecular formula is C22H23NO5.